The molecule has 1 amide bonds. The zero-order valence-corrected chi connectivity index (χ0v) is 13.0. The van der Waals surface area contributed by atoms with Gasteiger partial charge in [-0.1, -0.05) is 6.92 Å². The quantitative estimate of drug-likeness (QED) is 0.755. The third-order valence-corrected chi connectivity index (χ3v) is 5.62. The number of carbonyl (C=O) groups excluding carboxylic acids is 1. The fourth-order valence-corrected chi connectivity index (χ4v) is 4.31. The Morgan fingerprint density at radius 3 is 3.05 bits per heavy atom. The normalized spacial score (nSPS) is 19.8. The number of rotatable bonds is 7. The number of amides is 1. The second-order valence-corrected chi connectivity index (χ2v) is 7.20. The lowest BCUT2D eigenvalue weighted by molar-refractivity contribution is -0.124. The van der Waals surface area contributed by atoms with Crippen molar-refractivity contribution in [1.82, 2.24) is 19.6 Å². The average Bonchev–Trinajstić information content (AvgIpc) is 3.10. The summed E-state index contributed by atoms with van der Waals surface area (Å²) >= 11 is 0. The molecule has 1 aliphatic heterocycles. The van der Waals surface area contributed by atoms with Gasteiger partial charge in [-0.2, -0.15) is 4.31 Å². The van der Waals surface area contributed by atoms with Crippen LogP contribution >= 0.6 is 0 Å². The predicted octanol–water partition coefficient (Wildman–Crippen LogP) is 0.273. The maximum absolute atomic E-state index is 12.2. The Bertz CT molecular complexity index is 556. The lowest BCUT2D eigenvalue weighted by Crippen LogP contribution is -2.47. The topological polar surface area (TPSA) is 95.2 Å². The lowest BCUT2D eigenvalue weighted by atomic mass is 10.2. The van der Waals surface area contributed by atoms with Crippen LogP contribution in [-0.2, 0) is 21.2 Å². The third-order valence-electron chi connectivity index (χ3n) is 3.54. The van der Waals surface area contributed by atoms with E-state index in [1.54, 1.807) is 12.4 Å². The Kier molecular flexibility index (Phi) is 5.35. The standard InChI is InChI=1S/C13H22N4O3S/c1-2-10-21(19,20)17-9-3-4-11(17)13(18)16-6-5-12-14-7-8-15-12/h7-8,11H,2-6,9-10H2,1H3,(H,14,15)(H,16,18). The highest BCUT2D eigenvalue weighted by molar-refractivity contribution is 7.89. The number of aromatic amines is 1. The maximum atomic E-state index is 12.2. The Balaban J connectivity index is 1.88. The van der Waals surface area contributed by atoms with Crippen molar-refractivity contribution in [3.63, 3.8) is 0 Å². The van der Waals surface area contributed by atoms with Crippen LogP contribution in [0.5, 0.6) is 0 Å². The Morgan fingerprint density at radius 2 is 2.38 bits per heavy atom. The first-order valence-corrected chi connectivity index (χ1v) is 8.91. The van der Waals surface area contributed by atoms with Crippen LogP contribution < -0.4 is 5.32 Å². The Morgan fingerprint density at radius 1 is 1.57 bits per heavy atom. The van der Waals surface area contributed by atoms with Gasteiger partial charge in [0.15, 0.2) is 0 Å². The average molecular weight is 314 g/mol. The number of carbonyl (C=O) groups is 1. The number of H-pyrrole nitrogens is 1. The first kappa shape index (κ1) is 16.0. The van der Waals surface area contributed by atoms with Crippen LogP contribution in [0.25, 0.3) is 0 Å². The molecule has 7 nitrogen and oxygen atoms in total. The molecule has 21 heavy (non-hydrogen) atoms. The summed E-state index contributed by atoms with van der Waals surface area (Å²) in [5.74, 6) is 0.694. The van der Waals surface area contributed by atoms with Gasteiger partial charge in [0.2, 0.25) is 15.9 Å². The van der Waals surface area contributed by atoms with Crippen molar-refractivity contribution < 1.29 is 13.2 Å². The minimum absolute atomic E-state index is 0.100. The molecule has 2 rings (SSSR count). The summed E-state index contributed by atoms with van der Waals surface area (Å²) in [5, 5.41) is 2.80. The zero-order valence-electron chi connectivity index (χ0n) is 12.2. The molecule has 2 N–H and O–H groups in total. The number of aromatic nitrogens is 2. The molecule has 0 aromatic carbocycles. The second-order valence-electron chi connectivity index (χ2n) is 5.16. The van der Waals surface area contributed by atoms with Gasteiger partial charge >= 0.3 is 0 Å². The van der Waals surface area contributed by atoms with Gasteiger partial charge in [-0.15, -0.1) is 0 Å². The van der Waals surface area contributed by atoms with Crippen molar-refractivity contribution in [3.8, 4) is 0 Å². The number of sulfonamides is 1. The van der Waals surface area contributed by atoms with E-state index in [0.29, 0.717) is 32.4 Å². The van der Waals surface area contributed by atoms with Gasteiger partial charge in [0.1, 0.15) is 11.9 Å². The molecule has 1 saturated heterocycles. The van der Waals surface area contributed by atoms with Crippen molar-refractivity contribution in [2.75, 3.05) is 18.8 Å². The minimum Gasteiger partial charge on any atom is -0.354 e. The molecule has 118 valence electrons. The summed E-state index contributed by atoms with van der Waals surface area (Å²) in [4.78, 5) is 19.2. The van der Waals surface area contributed by atoms with E-state index in [9.17, 15) is 13.2 Å². The van der Waals surface area contributed by atoms with Gasteiger partial charge in [0.05, 0.1) is 5.75 Å². The van der Waals surface area contributed by atoms with Crippen LogP contribution in [0, 0.1) is 0 Å². The highest BCUT2D eigenvalue weighted by Gasteiger charge is 2.37. The molecule has 1 aliphatic rings. The van der Waals surface area contributed by atoms with E-state index in [-0.39, 0.29) is 11.7 Å². The maximum Gasteiger partial charge on any atom is 0.238 e. The Hall–Kier alpha value is -1.41. The SMILES string of the molecule is CCCS(=O)(=O)N1CCCC1C(=O)NCCc1ncc[nH]1. The number of hydrogen-bond acceptors (Lipinski definition) is 4. The van der Waals surface area contributed by atoms with Gasteiger partial charge in [0, 0.05) is 31.9 Å². The molecule has 0 bridgehead atoms. The van der Waals surface area contributed by atoms with Crippen LogP contribution in [-0.4, -0.2) is 53.5 Å². The molecule has 0 radical (unpaired) electrons. The summed E-state index contributed by atoms with van der Waals surface area (Å²) in [5.41, 5.74) is 0. The van der Waals surface area contributed by atoms with Crippen molar-refractivity contribution in [3.05, 3.63) is 18.2 Å². The van der Waals surface area contributed by atoms with Crippen LogP contribution in [0.1, 0.15) is 32.0 Å². The molecule has 1 aromatic rings. The molecule has 0 spiro atoms. The zero-order chi connectivity index (χ0) is 15.3. The number of hydrogen-bond donors (Lipinski definition) is 2. The number of nitrogens with zero attached hydrogens (tertiary/aromatic N) is 2. The van der Waals surface area contributed by atoms with E-state index in [1.807, 2.05) is 6.92 Å². The Labute approximate surface area is 125 Å². The molecule has 1 aromatic heterocycles. The molecule has 1 fully saturated rings. The number of imidazole rings is 1. The summed E-state index contributed by atoms with van der Waals surface area (Å²) in [6.07, 6.45) is 5.88. The van der Waals surface area contributed by atoms with Crippen molar-refractivity contribution >= 4 is 15.9 Å². The third kappa shape index (κ3) is 4.04. The predicted molar refractivity (Wildman–Crippen MR) is 79.1 cm³/mol. The molecule has 0 saturated carbocycles. The summed E-state index contributed by atoms with van der Waals surface area (Å²) in [7, 11) is -3.32. The van der Waals surface area contributed by atoms with Crippen LogP contribution in [0.2, 0.25) is 0 Å². The summed E-state index contributed by atoms with van der Waals surface area (Å²) in [6, 6.07) is -0.557. The monoisotopic (exact) mass is 314 g/mol. The van der Waals surface area contributed by atoms with Crippen LogP contribution in [0.15, 0.2) is 12.4 Å². The first-order valence-electron chi connectivity index (χ1n) is 7.30. The lowest BCUT2D eigenvalue weighted by Gasteiger charge is -2.23. The van der Waals surface area contributed by atoms with E-state index in [0.717, 1.165) is 12.2 Å². The van der Waals surface area contributed by atoms with E-state index in [1.165, 1.54) is 4.31 Å². The van der Waals surface area contributed by atoms with Gasteiger partial charge in [0.25, 0.3) is 0 Å². The highest BCUT2D eigenvalue weighted by atomic mass is 32.2. The molecule has 2 heterocycles. The molecule has 0 aliphatic carbocycles. The number of nitrogens with one attached hydrogen (secondary N) is 2. The fraction of sp³-hybridized carbons (Fsp3) is 0.692. The van der Waals surface area contributed by atoms with Gasteiger partial charge < -0.3 is 10.3 Å². The molecule has 8 heteroatoms. The summed E-state index contributed by atoms with van der Waals surface area (Å²) < 4.78 is 25.6. The van der Waals surface area contributed by atoms with Gasteiger partial charge in [-0.05, 0) is 19.3 Å². The van der Waals surface area contributed by atoms with Crippen molar-refractivity contribution in [1.29, 1.82) is 0 Å². The van der Waals surface area contributed by atoms with Gasteiger partial charge in [-0.25, -0.2) is 13.4 Å². The van der Waals surface area contributed by atoms with E-state index in [4.69, 9.17) is 0 Å². The van der Waals surface area contributed by atoms with E-state index >= 15 is 0 Å². The van der Waals surface area contributed by atoms with Crippen LogP contribution in [0.3, 0.4) is 0 Å². The van der Waals surface area contributed by atoms with E-state index in [2.05, 4.69) is 15.3 Å². The fourth-order valence-electron chi connectivity index (χ4n) is 2.57. The smallest absolute Gasteiger partial charge is 0.238 e. The van der Waals surface area contributed by atoms with E-state index < -0.39 is 16.1 Å². The highest BCUT2D eigenvalue weighted by Crippen LogP contribution is 2.21. The minimum atomic E-state index is -3.32. The molecule has 1 unspecified atom stereocenters. The molecular weight excluding hydrogens is 292 g/mol. The molecule has 1 atom stereocenters. The second kappa shape index (κ2) is 7.04. The largest absolute Gasteiger partial charge is 0.354 e. The van der Waals surface area contributed by atoms with Crippen molar-refractivity contribution in [2.45, 2.75) is 38.6 Å². The molecular formula is C13H22N4O3S. The van der Waals surface area contributed by atoms with Crippen LogP contribution in [0.4, 0.5) is 0 Å². The summed E-state index contributed by atoms with van der Waals surface area (Å²) in [6.45, 7) is 2.72. The first-order chi connectivity index (χ1) is 10.0. The van der Waals surface area contributed by atoms with Gasteiger partial charge in [-0.3, -0.25) is 4.79 Å². The van der Waals surface area contributed by atoms with Crippen molar-refractivity contribution in [2.24, 2.45) is 0 Å².